The molecule has 3 atom stereocenters. The van der Waals surface area contributed by atoms with Gasteiger partial charge >= 0.3 is 0 Å². The molecule has 2 aliphatic rings. The Hall–Kier alpha value is -2.15. The molecule has 1 N–H and O–H groups in total. The van der Waals surface area contributed by atoms with E-state index in [-0.39, 0.29) is 17.7 Å². The Morgan fingerprint density at radius 3 is 3.04 bits per heavy atom. The first-order chi connectivity index (χ1) is 12.7. The van der Waals surface area contributed by atoms with Gasteiger partial charge in [0, 0.05) is 64.2 Å². The lowest BCUT2D eigenvalue weighted by atomic mass is 9.89. The van der Waals surface area contributed by atoms with Crippen LogP contribution in [0.25, 0.3) is 0 Å². The number of hydrogen-bond donors (Lipinski definition) is 1. The van der Waals surface area contributed by atoms with Crippen molar-refractivity contribution in [1.82, 2.24) is 29.5 Å². The molecule has 2 aromatic rings. The lowest BCUT2D eigenvalue weighted by Gasteiger charge is -2.36. The van der Waals surface area contributed by atoms with Crippen molar-refractivity contribution in [2.75, 3.05) is 26.2 Å². The van der Waals surface area contributed by atoms with Crippen molar-refractivity contribution in [3.63, 3.8) is 0 Å². The maximum absolute atomic E-state index is 13.3. The van der Waals surface area contributed by atoms with E-state index in [2.05, 4.69) is 38.0 Å². The van der Waals surface area contributed by atoms with Crippen LogP contribution in [-0.2, 0) is 18.3 Å². The number of carbonyl (C=O) groups is 1. The largest absolute Gasteiger partial charge is 0.340 e. The molecule has 26 heavy (non-hydrogen) atoms. The first kappa shape index (κ1) is 17.3. The normalized spacial score (nSPS) is 26.4. The summed E-state index contributed by atoms with van der Waals surface area (Å²) in [5, 5.41) is 7.69. The number of aromatic nitrogens is 4. The maximum Gasteiger partial charge on any atom is 0.227 e. The van der Waals surface area contributed by atoms with Crippen LogP contribution in [0, 0.1) is 5.92 Å². The van der Waals surface area contributed by atoms with Gasteiger partial charge in [-0.05, 0) is 18.4 Å². The van der Waals surface area contributed by atoms with E-state index in [9.17, 15) is 4.79 Å². The molecule has 0 spiro atoms. The van der Waals surface area contributed by atoms with Crippen molar-refractivity contribution in [2.45, 2.75) is 38.1 Å². The molecule has 2 aromatic heterocycles. The van der Waals surface area contributed by atoms with Gasteiger partial charge in [-0.25, -0.2) is 4.98 Å². The number of carbonyl (C=O) groups excluding carboxylic acids is 1. The summed E-state index contributed by atoms with van der Waals surface area (Å²) in [4.78, 5) is 19.8. The second kappa shape index (κ2) is 7.23. The highest BCUT2D eigenvalue weighted by Crippen LogP contribution is 2.31. The summed E-state index contributed by atoms with van der Waals surface area (Å²) in [5.74, 6) is 1.62. The highest BCUT2D eigenvalue weighted by Gasteiger charge is 2.38. The van der Waals surface area contributed by atoms with Gasteiger partial charge in [0.05, 0.1) is 18.2 Å². The molecule has 2 fully saturated rings. The molecule has 140 valence electrons. The Kier molecular flexibility index (Phi) is 4.80. The summed E-state index contributed by atoms with van der Waals surface area (Å²) in [6, 6.07) is 0.344. The molecule has 2 saturated heterocycles. The number of nitrogens with zero attached hydrogens (tertiary/aromatic N) is 5. The standard InChI is InChI=1S/C19H28N6O/c1-3-18-21-6-8-25(18)15-5-4-7-24(13-15)19(26)17-11-20-10-16(17)14-9-22-23(2)12-14/h6,8-9,12,15-17,20H,3-5,7,10-11,13H2,1-2H3/t15?,16-,17+/m1/s1. The Bertz CT molecular complexity index is 766. The van der Waals surface area contributed by atoms with E-state index < -0.39 is 0 Å². The quantitative estimate of drug-likeness (QED) is 0.898. The molecule has 0 saturated carbocycles. The average molecular weight is 356 g/mol. The van der Waals surface area contributed by atoms with Gasteiger partial charge in [-0.2, -0.15) is 5.10 Å². The number of aryl methyl sites for hydroxylation is 2. The minimum absolute atomic E-state index is 0.00591. The van der Waals surface area contributed by atoms with Crippen LogP contribution in [0.2, 0.25) is 0 Å². The zero-order valence-corrected chi connectivity index (χ0v) is 15.6. The lowest BCUT2D eigenvalue weighted by molar-refractivity contribution is -0.137. The van der Waals surface area contributed by atoms with Gasteiger partial charge in [0.25, 0.3) is 0 Å². The van der Waals surface area contributed by atoms with Gasteiger partial charge in [0.1, 0.15) is 5.82 Å². The molecule has 0 bridgehead atoms. The molecule has 7 heteroatoms. The van der Waals surface area contributed by atoms with Crippen LogP contribution in [0.15, 0.2) is 24.8 Å². The molecule has 2 aliphatic heterocycles. The van der Waals surface area contributed by atoms with Gasteiger partial charge in [-0.3, -0.25) is 9.48 Å². The van der Waals surface area contributed by atoms with E-state index in [1.807, 2.05) is 30.3 Å². The molecule has 4 heterocycles. The first-order valence-corrected chi connectivity index (χ1v) is 9.67. The average Bonchev–Trinajstić information content (AvgIpc) is 3.40. The van der Waals surface area contributed by atoms with E-state index in [1.165, 1.54) is 0 Å². The third kappa shape index (κ3) is 3.16. The van der Waals surface area contributed by atoms with Crippen molar-refractivity contribution >= 4 is 5.91 Å². The smallest absolute Gasteiger partial charge is 0.227 e. The van der Waals surface area contributed by atoms with Gasteiger partial charge in [-0.15, -0.1) is 0 Å². The monoisotopic (exact) mass is 356 g/mol. The maximum atomic E-state index is 13.3. The van der Waals surface area contributed by atoms with E-state index in [4.69, 9.17) is 0 Å². The van der Waals surface area contributed by atoms with Crippen LogP contribution < -0.4 is 5.32 Å². The van der Waals surface area contributed by atoms with Gasteiger partial charge in [0.15, 0.2) is 0 Å². The van der Waals surface area contributed by atoms with Crippen LogP contribution in [-0.4, -0.2) is 56.3 Å². The number of amides is 1. The Morgan fingerprint density at radius 2 is 2.27 bits per heavy atom. The zero-order valence-electron chi connectivity index (χ0n) is 15.6. The second-order valence-corrected chi connectivity index (χ2v) is 7.50. The molecular weight excluding hydrogens is 328 g/mol. The molecule has 0 radical (unpaired) electrons. The first-order valence-electron chi connectivity index (χ1n) is 9.67. The highest BCUT2D eigenvalue weighted by atomic mass is 16.2. The van der Waals surface area contributed by atoms with E-state index >= 15 is 0 Å². The molecule has 7 nitrogen and oxygen atoms in total. The zero-order chi connectivity index (χ0) is 18.1. The van der Waals surface area contributed by atoms with Gasteiger partial charge < -0.3 is 14.8 Å². The van der Waals surface area contributed by atoms with Crippen molar-refractivity contribution in [3.8, 4) is 0 Å². The van der Waals surface area contributed by atoms with E-state index in [0.29, 0.717) is 6.04 Å². The van der Waals surface area contributed by atoms with E-state index in [1.54, 1.807) is 0 Å². The predicted octanol–water partition coefficient (Wildman–Crippen LogP) is 1.35. The number of rotatable bonds is 4. The van der Waals surface area contributed by atoms with Crippen molar-refractivity contribution in [2.24, 2.45) is 13.0 Å². The number of hydrogen-bond acceptors (Lipinski definition) is 4. The van der Waals surface area contributed by atoms with Crippen LogP contribution in [0.4, 0.5) is 0 Å². The molecule has 4 rings (SSSR count). The summed E-state index contributed by atoms with van der Waals surface area (Å²) in [6.07, 6.45) is 11.0. The summed E-state index contributed by atoms with van der Waals surface area (Å²) in [6.45, 7) is 5.39. The highest BCUT2D eigenvalue weighted by molar-refractivity contribution is 5.80. The minimum atomic E-state index is 0.00591. The molecular formula is C19H28N6O. The second-order valence-electron chi connectivity index (χ2n) is 7.50. The number of likely N-dealkylation sites (tertiary alicyclic amines) is 1. The van der Waals surface area contributed by atoms with Gasteiger partial charge in [-0.1, -0.05) is 6.92 Å². The van der Waals surface area contributed by atoms with Crippen LogP contribution in [0.3, 0.4) is 0 Å². The van der Waals surface area contributed by atoms with E-state index in [0.717, 1.165) is 56.8 Å². The number of nitrogens with one attached hydrogen (secondary N) is 1. The third-order valence-corrected chi connectivity index (χ3v) is 5.85. The van der Waals surface area contributed by atoms with Crippen LogP contribution >= 0.6 is 0 Å². The Balaban J connectivity index is 1.48. The topological polar surface area (TPSA) is 68.0 Å². The van der Waals surface area contributed by atoms with Crippen LogP contribution in [0.5, 0.6) is 0 Å². The molecule has 1 unspecified atom stereocenters. The van der Waals surface area contributed by atoms with Gasteiger partial charge in [0.2, 0.25) is 5.91 Å². The SMILES string of the molecule is CCc1nccn1C1CCCN(C(=O)[C@H]2CNC[C@@H]2c2cnn(C)c2)C1. The van der Waals surface area contributed by atoms with Crippen molar-refractivity contribution < 1.29 is 4.79 Å². The van der Waals surface area contributed by atoms with Crippen molar-refractivity contribution in [1.29, 1.82) is 0 Å². The van der Waals surface area contributed by atoms with Crippen molar-refractivity contribution in [3.05, 3.63) is 36.2 Å². The third-order valence-electron chi connectivity index (χ3n) is 5.85. The molecule has 0 aromatic carbocycles. The molecule has 1 amide bonds. The summed E-state index contributed by atoms with van der Waals surface area (Å²) in [7, 11) is 1.92. The Labute approximate surface area is 154 Å². The number of imidazole rings is 1. The predicted molar refractivity (Wildman–Crippen MR) is 98.8 cm³/mol. The molecule has 0 aliphatic carbocycles. The number of piperidine rings is 1. The fourth-order valence-electron chi connectivity index (χ4n) is 4.49. The fourth-order valence-corrected chi connectivity index (χ4v) is 4.49. The fraction of sp³-hybridized carbons (Fsp3) is 0.632. The lowest BCUT2D eigenvalue weighted by Crippen LogP contribution is -2.45. The summed E-state index contributed by atoms with van der Waals surface area (Å²) in [5.41, 5.74) is 1.16. The summed E-state index contributed by atoms with van der Waals surface area (Å²) < 4.78 is 4.09. The van der Waals surface area contributed by atoms with Crippen LogP contribution in [0.1, 0.15) is 43.1 Å². The minimum Gasteiger partial charge on any atom is -0.340 e. The Morgan fingerprint density at radius 1 is 1.38 bits per heavy atom. The summed E-state index contributed by atoms with van der Waals surface area (Å²) >= 11 is 0.